The Morgan fingerprint density at radius 3 is 2.41 bits per heavy atom. The van der Waals surface area contributed by atoms with E-state index in [1.807, 2.05) is 31.2 Å². The molecule has 3 aromatic rings. The molecule has 6 heteroatoms. The van der Waals surface area contributed by atoms with Crippen LogP contribution in [0.2, 0.25) is 0 Å². The SMILES string of the molecule is Cc1cccc(-c2nocc2-c2ccc(S(=O)(=O)O)cc2)c1. The van der Waals surface area contributed by atoms with E-state index in [2.05, 4.69) is 5.16 Å². The van der Waals surface area contributed by atoms with Crippen LogP contribution in [0.5, 0.6) is 0 Å². The molecule has 5 nitrogen and oxygen atoms in total. The van der Waals surface area contributed by atoms with Crippen LogP contribution in [-0.4, -0.2) is 18.1 Å². The molecule has 0 saturated heterocycles. The first kappa shape index (κ1) is 14.5. The van der Waals surface area contributed by atoms with Gasteiger partial charge in [0.05, 0.1) is 4.90 Å². The maximum absolute atomic E-state index is 11.1. The Bertz CT molecular complexity index is 911. The van der Waals surface area contributed by atoms with Crippen molar-refractivity contribution in [2.24, 2.45) is 0 Å². The third kappa shape index (κ3) is 2.79. The van der Waals surface area contributed by atoms with Crippen molar-refractivity contribution in [3.05, 3.63) is 60.4 Å². The highest BCUT2D eigenvalue weighted by molar-refractivity contribution is 7.85. The maximum Gasteiger partial charge on any atom is 0.294 e. The van der Waals surface area contributed by atoms with Crippen molar-refractivity contribution in [3.63, 3.8) is 0 Å². The summed E-state index contributed by atoms with van der Waals surface area (Å²) in [6.07, 6.45) is 1.51. The number of aryl methyl sites for hydroxylation is 1. The van der Waals surface area contributed by atoms with Gasteiger partial charge in [-0.3, -0.25) is 4.55 Å². The molecule has 1 heterocycles. The summed E-state index contributed by atoms with van der Waals surface area (Å²) >= 11 is 0. The van der Waals surface area contributed by atoms with E-state index in [0.717, 1.165) is 22.3 Å². The lowest BCUT2D eigenvalue weighted by atomic mass is 10.0. The average molecular weight is 315 g/mol. The van der Waals surface area contributed by atoms with Crippen LogP contribution in [0.3, 0.4) is 0 Å². The van der Waals surface area contributed by atoms with E-state index in [1.54, 1.807) is 12.1 Å². The van der Waals surface area contributed by atoms with Crippen LogP contribution < -0.4 is 0 Å². The molecule has 0 fully saturated rings. The topological polar surface area (TPSA) is 80.4 Å². The summed E-state index contributed by atoms with van der Waals surface area (Å²) in [5.74, 6) is 0. The molecule has 2 aromatic carbocycles. The van der Waals surface area contributed by atoms with Gasteiger partial charge in [0, 0.05) is 11.1 Å². The van der Waals surface area contributed by atoms with E-state index >= 15 is 0 Å². The summed E-state index contributed by atoms with van der Waals surface area (Å²) in [6.45, 7) is 1.99. The molecule has 1 aromatic heterocycles. The molecule has 0 bridgehead atoms. The number of hydrogen-bond acceptors (Lipinski definition) is 4. The molecule has 0 saturated carbocycles. The Morgan fingerprint density at radius 1 is 1.05 bits per heavy atom. The van der Waals surface area contributed by atoms with Gasteiger partial charge in [-0.15, -0.1) is 0 Å². The predicted molar refractivity (Wildman–Crippen MR) is 81.9 cm³/mol. The van der Waals surface area contributed by atoms with Gasteiger partial charge in [-0.2, -0.15) is 8.42 Å². The third-order valence-electron chi connectivity index (χ3n) is 3.32. The minimum Gasteiger partial charge on any atom is -0.363 e. The highest BCUT2D eigenvalue weighted by Crippen LogP contribution is 2.31. The fraction of sp³-hybridized carbons (Fsp3) is 0.0625. The largest absolute Gasteiger partial charge is 0.363 e. The van der Waals surface area contributed by atoms with Crippen LogP contribution in [0.1, 0.15) is 5.56 Å². The monoisotopic (exact) mass is 315 g/mol. The summed E-state index contributed by atoms with van der Waals surface area (Å²) in [5.41, 5.74) is 4.22. The zero-order chi connectivity index (χ0) is 15.7. The van der Waals surface area contributed by atoms with Gasteiger partial charge >= 0.3 is 0 Å². The van der Waals surface area contributed by atoms with Gasteiger partial charge in [0.15, 0.2) is 0 Å². The molecular formula is C16H13NO4S. The van der Waals surface area contributed by atoms with Crippen LogP contribution in [0, 0.1) is 6.92 Å². The highest BCUT2D eigenvalue weighted by atomic mass is 32.2. The van der Waals surface area contributed by atoms with E-state index in [4.69, 9.17) is 9.08 Å². The number of hydrogen-bond donors (Lipinski definition) is 1. The number of aromatic nitrogens is 1. The van der Waals surface area contributed by atoms with Crippen LogP contribution >= 0.6 is 0 Å². The van der Waals surface area contributed by atoms with Crippen LogP contribution in [-0.2, 0) is 10.1 Å². The molecule has 0 aliphatic carbocycles. The molecular weight excluding hydrogens is 302 g/mol. The Morgan fingerprint density at radius 2 is 1.77 bits per heavy atom. The van der Waals surface area contributed by atoms with Crippen LogP contribution in [0.25, 0.3) is 22.4 Å². The molecule has 0 spiro atoms. The fourth-order valence-electron chi connectivity index (χ4n) is 2.25. The Kier molecular flexibility index (Phi) is 3.56. The minimum absolute atomic E-state index is 0.148. The van der Waals surface area contributed by atoms with Crippen molar-refractivity contribution in [1.29, 1.82) is 0 Å². The summed E-state index contributed by atoms with van der Waals surface area (Å²) in [7, 11) is -4.20. The highest BCUT2D eigenvalue weighted by Gasteiger charge is 2.14. The first-order valence-corrected chi connectivity index (χ1v) is 7.98. The van der Waals surface area contributed by atoms with Gasteiger partial charge in [-0.1, -0.05) is 41.1 Å². The Labute approximate surface area is 128 Å². The maximum atomic E-state index is 11.1. The van der Waals surface area contributed by atoms with Gasteiger partial charge in [-0.05, 0) is 30.7 Å². The molecule has 0 atom stereocenters. The smallest absolute Gasteiger partial charge is 0.294 e. The minimum atomic E-state index is -4.20. The van der Waals surface area contributed by atoms with Gasteiger partial charge in [-0.25, -0.2) is 0 Å². The number of benzene rings is 2. The second kappa shape index (κ2) is 5.40. The summed E-state index contributed by atoms with van der Waals surface area (Å²) in [5, 5.41) is 4.03. The van der Waals surface area contributed by atoms with Gasteiger partial charge in [0.25, 0.3) is 10.1 Å². The molecule has 0 unspecified atom stereocenters. The first-order chi connectivity index (χ1) is 10.4. The first-order valence-electron chi connectivity index (χ1n) is 6.54. The second-order valence-corrected chi connectivity index (χ2v) is 6.37. The van der Waals surface area contributed by atoms with Crippen molar-refractivity contribution in [1.82, 2.24) is 5.16 Å². The van der Waals surface area contributed by atoms with Crippen molar-refractivity contribution < 1.29 is 17.5 Å². The lowest BCUT2D eigenvalue weighted by molar-refractivity contribution is 0.422. The fourth-order valence-corrected chi connectivity index (χ4v) is 2.73. The van der Waals surface area contributed by atoms with E-state index in [1.165, 1.54) is 18.4 Å². The van der Waals surface area contributed by atoms with Gasteiger partial charge in [0.1, 0.15) is 12.0 Å². The molecule has 0 aliphatic rings. The number of rotatable bonds is 3. The van der Waals surface area contributed by atoms with E-state index in [0.29, 0.717) is 5.69 Å². The molecule has 112 valence electrons. The average Bonchev–Trinajstić information content (AvgIpc) is 2.96. The van der Waals surface area contributed by atoms with Gasteiger partial charge < -0.3 is 4.52 Å². The molecule has 0 amide bonds. The van der Waals surface area contributed by atoms with Crippen molar-refractivity contribution >= 4 is 10.1 Å². The zero-order valence-corrected chi connectivity index (χ0v) is 12.5. The van der Waals surface area contributed by atoms with E-state index in [9.17, 15) is 8.42 Å². The molecule has 22 heavy (non-hydrogen) atoms. The van der Waals surface area contributed by atoms with Crippen LogP contribution in [0.15, 0.2) is 64.2 Å². The van der Waals surface area contributed by atoms with Crippen molar-refractivity contribution in [3.8, 4) is 22.4 Å². The summed E-state index contributed by atoms with van der Waals surface area (Å²) in [4.78, 5) is -0.148. The normalized spacial score (nSPS) is 11.5. The lowest BCUT2D eigenvalue weighted by Gasteiger charge is -2.04. The van der Waals surface area contributed by atoms with Crippen molar-refractivity contribution in [2.45, 2.75) is 11.8 Å². The third-order valence-corrected chi connectivity index (χ3v) is 4.19. The quantitative estimate of drug-likeness (QED) is 0.747. The van der Waals surface area contributed by atoms with Crippen LogP contribution in [0.4, 0.5) is 0 Å². The standard InChI is InChI=1S/C16H13NO4S/c1-11-3-2-4-13(9-11)16-15(10-21-17-16)12-5-7-14(8-6-12)22(18,19)20/h2-10H,1H3,(H,18,19,20). The molecule has 3 rings (SSSR count). The zero-order valence-electron chi connectivity index (χ0n) is 11.7. The van der Waals surface area contributed by atoms with Crippen molar-refractivity contribution in [2.75, 3.05) is 0 Å². The number of nitrogens with zero attached hydrogens (tertiary/aromatic N) is 1. The van der Waals surface area contributed by atoms with E-state index in [-0.39, 0.29) is 4.90 Å². The van der Waals surface area contributed by atoms with E-state index < -0.39 is 10.1 Å². The molecule has 1 N–H and O–H groups in total. The van der Waals surface area contributed by atoms with Gasteiger partial charge in [0.2, 0.25) is 0 Å². The predicted octanol–water partition coefficient (Wildman–Crippen LogP) is 3.56. The second-order valence-electron chi connectivity index (χ2n) is 4.95. The lowest BCUT2D eigenvalue weighted by Crippen LogP contribution is -1.97. The Balaban J connectivity index is 2.06. The summed E-state index contributed by atoms with van der Waals surface area (Å²) < 4.78 is 36.3. The Hall–Kier alpha value is -2.44. The summed E-state index contributed by atoms with van der Waals surface area (Å²) in [6, 6.07) is 13.8. The molecule has 0 radical (unpaired) electrons. The molecule has 0 aliphatic heterocycles.